The minimum absolute atomic E-state index is 0.318. The van der Waals surface area contributed by atoms with E-state index in [1.165, 1.54) is 32.5 Å². The van der Waals surface area contributed by atoms with Gasteiger partial charge in [0.2, 0.25) is 0 Å². The first-order valence-corrected chi connectivity index (χ1v) is 7.82. The van der Waals surface area contributed by atoms with Crippen LogP contribution in [-0.2, 0) is 4.79 Å². The molecule has 0 saturated carbocycles. The standard InChI is InChI=1S/C15H30N2O2/c1-3-16(4-2)13-14-8-11-17(12-9-14)10-6-5-7-15(18)19/h14H,3-13H2,1-2H3,(H,18,19). The summed E-state index contributed by atoms with van der Waals surface area (Å²) in [7, 11) is 0. The minimum atomic E-state index is -0.669. The van der Waals surface area contributed by atoms with E-state index in [0.717, 1.165) is 38.4 Å². The van der Waals surface area contributed by atoms with Crippen LogP contribution in [0.3, 0.4) is 0 Å². The number of aliphatic carboxylic acids is 1. The molecule has 1 rings (SSSR count). The number of rotatable bonds is 9. The molecule has 1 aliphatic rings. The molecule has 0 aromatic rings. The molecular weight excluding hydrogens is 240 g/mol. The Labute approximate surface area is 117 Å². The first-order chi connectivity index (χ1) is 9.15. The second-order valence-corrected chi connectivity index (χ2v) is 5.62. The Balaban J connectivity index is 2.09. The van der Waals surface area contributed by atoms with Gasteiger partial charge in [0.1, 0.15) is 0 Å². The number of carboxylic acid groups (broad SMARTS) is 1. The summed E-state index contributed by atoms with van der Waals surface area (Å²) in [6, 6.07) is 0. The largest absolute Gasteiger partial charge is 0.481 e. The van der Waals surface area contributed by atoms with Crippen molar-refractivity contribution in [2.24, 2.45) is 5.92 Å². The van der Waals surface area contributed by atoms with Gasteiger partial charge in [-0.25, -0.2) is 0 Å². The molecule has 0 spiro atoms. The van der Waals surface area contributed by atoms with Crippen LogP contribution in [0.2, 0.25) is 0 Å². The lowest BCUT2D eigenvalue weighted by Crippen LogP contribution is -2.39. The van der Waals surface area contributed by atoms with Crippen LogP contribution in [0.4, 0.5) is 0 Å². The molecule has 0 unspecified atom stereocenters. The van der Waals surface area contributed by atoms with Gasteiger partial charge in [-0.3, -0.25) is 4.79 Å². The van der Waals surface area contributed by atoms with Gasteiger partial charge in [-0.05, 0) is 64.3 Å². The summed E-state index contributed by atoms with van der Waals surface area (Å²) < 4.78 is 0. The average Bonchev–Trinajstić information content (AvgIpc) is 2.42. The lowest BCUT2D eigenvalue weighted by Gasteiger charge is -2.34. The second kappa shape index (κ2) is 9.32. The van der Waals surface area contributed by atoms with E-state index in [0.29, 0.717) is 6.42 Å². The maximum atomic E-state index is 10.4. The summed E-state index contributed by atoms with van der Waals surface area (Å²) in [5, 5.41) is 8.60. The Kier molecular flexibility index (Phi) is 8.07. The van der Waals surface area contributed by atoms with Crippen LogP contribution in [-0.4, -0.2) is 60.1 Å². The highest BCUT2D eigenvalue weighted by atomic mass is 16.4. The zero-order chi connectivity index (χ0) is 14.1. The summed E-state index contributed by atoms with van der Waals surface area (Å²) >= 11 is 0. The molecular formula is C15H30N2O2. The predicted octanol–water partition coefficient (Wildman–Crippen LogP) is 2.30. The van der Waals surface area contributed by atoms with Crippen LogP contribution in [0.25, 0.3) is 0 Å². The molecule has 19 heavy (non-hydrogen) atoms. The highest BCUT2D eigenvalue weighted by Crippen LogP contribution is 2.18. The number of nitrogens with zero attached hydrogens (tertiary/aromatic N) is 2. The molecule has 0 aromatic heterocycles. The number of unbranched alkanes of at least 4 members (excludes halogenated alkanes) is 1. The van der Waals surface area contributed by atoms with Crippen LogP contribution < -0.4 is 0 Å². The van der Waals surface area contributed by atoms with E-state index < -0.39 is 5.97 Å². The van der Waals surface area contributed by atoms with Crippen molar-refractivity contribution in [1.82, 2.24) is 9.80 Å². The Morgan fingerprint density at radius 3 is 2.37 bits per heavy atom. The topological polar surface area (TPSA) is 43.8 Å². The third-order valence-corrected chi connectivity index (χ3v) is 4.23. The Hall–Kier alpha value is -0.610. The van der Waals surface area contributed by atoms with Crippen molar-refractivity contribution in [3.05, 3.63) is 0 Å². The molecule has 1 saturated heterocycles. The van der Waals surface area contributed by atoms with E-state index in [9.17, 15) is 4.79 Å². The molecule has 0 bridgehead atoms. The smallest absolute Gasteiger partial charge is 0.303 e. The fraction of sp³-hybridized carbons (Fsp3) is 0.933. The summed E-state index contributed by atoms with van der Waals surface area (Å²) in [6.07, 6.45) is 4.75. The van der Waals surface area contributed by atoms with E-state index in [1.54, 1.807) is 0 Å². The molecule has 1 N–H and O–H groups in total. The summed E-state index contributed by atoms with van der Waals surface area (Å²) in [6.45, 7) is 11.5. The molecule has 1 heterocycles. The van der Waals surface area contributed by atoms with Crippen molar-refractivity contribution in [2.75, 3.05) is 39.3 Å². The summed E-state index contributed by atoms with van der Waals surface area (Å²) in [5.74, 6) is 0.188. The highest BCUT2D eigenvalue weighted by Gasteiger charge is 2.20. The van der Waals surface area contributed by atoms with Crippen LogP contribution in [0.5, 0.6) is 0 Å². The first kappa shape index (κ1) is 16.4. The SMILES string of the molecule is CCN(CC)CC1CCN(CCCCC(=O)O)CC1. The van der Waals surface area contributed by atoms with Crippen molar-refractivity contribution < 1.29 is 9.90 Å². The lowest BCUT2D eigenvalue weighted by atomic mass is 9.96. The van der Waals surface area contributed by atoms with E-state index in [4.69, 9.17) is 5.11 Å². The normalized spacial score (nSPS) is 18.1. The highest BCUT2D eigenvalue weighted by molar-refractivity contribution is 5.66. The fourth-order valence-corrected chi connectivity index (χ4v) is 2.85. The van der Waals surface area contributed by atoms with Crippen LogP contribution in [0, 0.1) is 5.92 Å². The molecule has 0 aromatic carbocycles. The van der Waals surface area contributed by atoms with E-state index in [1.807, 2.05) is 0 Å². The Morgan fingerprint density at radius 1 is 1.21 bits per heavy atom. The molecule has 112 valence electrons. The number of hydrogen-bond donors (Lipinski definition) is 1. The number of carboxylic acids is 1. The Morgan fingerprint density at radius 2 is 1.84 bits per heavy atom. The van der Waals surface area contributed by atoms with Gasteiger partial charge >= 0.3 is 5.97 Å². The van der Waals surface area contributed by atoms with Gasteiger partial charge in [-0.15, -0.1) is 0 Å². The van der Waals surface area contributed by atoms with Gasteiger partial charge in [0.15, 0.2) is 0 Å². The van der Waals surface area contributed by atoms with Crippen LogP contribution in [0.1, 0.15) is 46.0 Å². The Bertz CT molecular complexity index is 247. The maximum Gasteiger partial charge on any atom is 0.303 e. The van der Waals surface area contributed by atoms with Crippen molar-refractivity contribution in [3.63, 3.8) is 0 Å². The molecule has 0 atom stereocenters. The maximum absolute atomic E-state index is 10.4. The van der Waals surface area contributed by atoms with Gasteiger partial charge in [0, 0.05) is 13.0 Å². The molecule has 1 fully saturated rings. The van der Waals surface area contributed by atoms with Gasteiger partial charge in [-0.1, -0.05) is 13.8 Å². The quantitative estimate of drug-likeness (QED) is 0.653. The molecule has 4 nitrogen and oxygen atoms in total. The fourth-order valence-electron chi connectivity index (χ4n) is 2.85. The van der Waals surface area contributed by atoms with Gasteiger partial charge in [0.25, 0.3) is 0 Å². The van der Waals surface area contributed by atoms with Crippen molar-refractivity contribution in [3.8, 4) is 0 Å². The van der Waals surface area contributed by atoms with Crippen LogP contribution >= 0.6 is 0 Å². The van der Waals surface area contributed by atoms with Crippen molar-refractivity contribution in [1.29, 1.82) is 0 Å². The number of likely N-dealkylation sites (tertiary alicyclic amines) is 1. The summed E-state index contributed by atoms with van der Waals surface area (Å²) in [5.41, 5.74) is 0. The average molecular weight is 270 g/mol. The summed E-state index contributed by atoms with van der Waals surface area (Å²) in [4.78, 5) is 15.5. The second-order valence-electron chi connectivity index (χ2n) is 5.62. The number of hydrogen-bond acceptors (Lipinski definition) is 3. The van der Waals surface area contributed by atoms with E-state index in [2.05, 4.69) is 23.6 Å². The van der Waals surface area contributed by atoms with Crippen molar-refractivity contribution in [2.45, 2.75) is 46.0 Å². The van der Waals surface area contributed by atoms with Gasteiger partial charge < -0.3 is 14.9 Å². The van der Waals surface area contributed by atoms with E-state index >= 15 is 0 Å². The number of carbonyl (C=O) groups is 1. The predicted molar refractivity (Wildman–Crippen MR) is 78.4 cm³/mol. The zero-order valence-corrected chi connectivity index (χ0v) is 12.6. The number of piperidine rings is 1. The molecule has 0 aliphatic carbocycles. The van der Waals surface area contributed by atoms with E-state index in [-0.39, 0.29) is 0 Å². The first-order valence-electron chi connectivity index (χ1n) is 7.82. The minimum Gasteiger partial charge on any atom is -0.481 e. The van der Waals surface area contributed by atoms with Crippen LogP contribution in [0.15, 0.2) is 0 Å². The van der Waals surface area contributed by atoms with Gasteiger partial charge in [-0.2, -0.15) is 0 Å². The molecule has 0 amide bonds. The third kappa shape index (κ3) is 6.92. The third-order valence-electron chi connectivity index (χ3n) is 4.23. The van der Waals surface area contributed by atoms with Crippen molar-refractivity contribution >= 4 is 5.97 Å². The molecule has 4 heteroatoms. The molecule has 1 aliphatic heterocycles. The lowest BCUT2D eigenvalue weighted by molar-refractivity contribution is -0.137. The molecule has 0 radical (unpaired) electrons. The van der Waals surface area contributed by atoms with Gasteiger partial charge in [0.05, 0.1) is 0 Å². The zero-order valence-electron chi connectivity index (χ0n) is 12.6. The monoisotopic (exact) mass is 270 g/mol.